The maximum atomic E-state index is 15.2. The average molecular weight is 1330 g/mol. The van der Waals surface area contributed by atoms with E-state index in [1.54, 1.807) is 62.7 Å². The minimum atomic E-state index is -1.00. The molecule has 1 aliphatic carbocycles. The summed E-state index contributed by atoms with van der Waals surface area (Å²) in [5.41, 5.74) is 6.97. The highest BCUT2D eigenvalue weighted by molar-refractivity contribution is 7.13. The molecule has 95 heavy (non-hydrogen) atoms. The number of rotatable bonds is 31. The Morgan fingerprint density at radius 3 is 2.16 bits per heavy atom. The molecule has 4 amide bonds. The Morgan fingerprint density at radius 2 is 1.46 bits per heavy atom. The Labute approximate surface area is 560 Å². The summed E-state index contributed by atoms with van der Waals surface area (Å²) >= 11 is 1.56. The van der Waals surface area contributed by atoms with Crippen molar-refractivity contribution in [3.63, 3.8) is 0 Å². The number of hydrogen-bond donors (Lipinski definition) is 3. The number of aliphatic hydroxyl groups is 1. The van der Waals surface area contributed by atoms with Crippen molar-refractivity contribution in [2.45, 2.75) is 154 Å². The van der Waals surface area contributed by atoms with Gasteiger partial charge in [0.05, 0.1) is 96.2 Å². The van der Waals surface area contributed by atoms with Crippen molar-refractivity contribution < 1.29 is 71.7 Å². The standard InChI is InChI=1S/C71H92N8O15S/c1-45-65(95-44-73-45)49-25-21-47(22-26-49)39-72-67(82)56-38-53(80)41-79(56)69(84)66(71(2,3)4)74-62(81)43-92-33-32-91-31-30-77-40-52(75-76-77)42-93-58-28-24-46(34-59(58)87-6)23-27-57(50-18-15-19-54(35-50)86-5)94-70(85)55-20-13-14-29-78(55)68(83)63(48-16-11-10-12-17-48)51-36-60(88-7)64(90-9)61(37-51)89-8/h15,18-19,21-22,24-26,28,34-37,40,44,48,53,55-57,63,66,80H,10-14,16-17,20,23,27,29-33,38-39,41-43H2,1-9H3,(H,72,82)(H,74,81)/t53-,55?,56+,57?,63+,66-/m1/s1. The van der Waals surface area contributed by atoms with E-state index >= 15 is 4.79 Å². The van der Waals surface area contributed by atoms with Crippen molar-refractivity contribution in [1.29, 1.82) is 0 Å². The van der Waals surface area contributed by atoms with Crippen molar-refractivity contribution in [3.05, 3.63) is 124 Å². The van der Waals surface area contributed by atoms with Gasteiger partial charge in [-0.3, -0.25) is 19.2 Å². The van der Waals surface area contributed by atoms with E-state index < -0.39 is 59.5 Å². The molecule has 9 rings (SSSR count). The number of carbonyl (C=O) groups excluding carboxylic acids is 5. The maximum absolute atomic E-state index is 15.2. The maximum Gasteiger partial charge on any atom is 0.329 e. The molecule has 3 aliphatic rings. The molecule has 6 aromatic rings. The minimum absolute atomic E-state index is 0.0399. The van der Waals surface area contributed by atoms with E-state index in [0.717, 1.165) is 83.3 Å². The van der Waals surface area contributed by atoms with Gasteiger partial charge in [-0.05, 0) is 127 Å². The predicted octanol–water partition coefficient (Wildman–Crippen LogP) is 9.14. The second-order valence-corrected chi connectivity index (χ2v) is 26.3. The van der Waals surface area contributed by atoms with Crippen molar-refractivity contribution >= 4 is 40.9 Å². The van der Waals surface area contributed by atoms with Crippen molar-refractivity contribution in [2.24, 2.45) is 11.3 Å². The van der Waals surface area contributed by atoms with Crippen LogP contribution in [-0.2, 0) is 64.3 Å². The second-order valence-electron chi connectivity index (χ2n) is 25.5. The molecule has 23 nitrogen and oxygen atoms in total. The van der Waals surface area contributed by atoms with E-state index in [1.165, 1.54) is 4.90 Å². The molecule has 24 heteroatoms. The second kappa shape index (κ2) is 33.9. The third-order valence-corrected chi connectivity index (χ3v) is 18.9. The third kappa shape index (κ3) is 18.6. The number of nitrogens with zero attached hydrogens (tertiary/aromatic N) is 6. The first-order chi connectivity index (χ1) is 45.9. The van der Waals surface area contributed by atoms with Gasteiger partial charge in [-0.2, -0.15) is 0 Å². The first kappa shape index (κ1) is 71.0. The van der Waals surface area contributed by atoms with E-state index in [1.807, 2.05) is 112 Å². The fraction of sp³-hybridized carbons (Fsp3) is 0.521. The van der Waals surface area contributed by atoms with Gasteiger partial charge in [-0.1, -0.05) is 87.7 Å². The highest BCUT2D eigenvalue weighted by Gasteiger charge is 2.45. The lowest BCUT2D eigenvalue weighted by atomic mass is 9.75. The summed E-state index contributed by atoms with van der Waals surface area (Å²) in [6.07, 6.45) is 8.15. The van der Waals surface area contributed by atoms with Crippen molar-refractivity contribution in [2.75, 3.05) is 75.1 Å². The number of β-amino-alcohol motifs (C(OH)–C–C–N with tert-alkyl or cyclic N) is 1. The molecule has 6 atom stereocenters. The van der Waals surface area contributed by atoms with Gasteiger partial charge in [0, 0.05) is 26.1 Å². The molecular formula is C71H92N8O15S. The fourth-order valence-electron chi connectivity index (χ4n) is 12.8. The van der Waals surface area contributed by atoms with Gasteiger partial charge in [0.1, 0.15) is 48.9 Å². The monoisotopic (exact) mass is 1330 g/mol. The summed E-state index contributed by atoms with van der Waals surface area (Å²) < 4.78 is 54.3. The Kier molecular flexibility index (Phi) is 25.3. The Hall–Kier alpha value is -8.32. The van der Waals surface area contributed by atoms with Gasteiger partial charge in [0.15, 0.2) is 23.0 Å². The van der Waals surface area contributed by atoms with Crippen LogP contribution in [0.4, 0.5) is 0 Å². The predicted molar refractivity (Wildman–Crippen MR) is 356 cm³/mol. The van der Waals surface area contributed by atoms with Crippen molar-refractivity contribution in [1.82, 2.24) is 40.4 Å². The largest absolute Gasteiger partial charge is 0.497 e. The fourth-order valence-corrected chi connectivity index (χ4v) is 13.6. The lowest BCUT2D eigenvalue weighted by Crippen LogP contribution is -2.58. The third-order valence-electron chi connectivity index (χ3n) is 17.9. The van der Waals surface area contributed by atoms with Crippen molar-refractivity contribution in [3.8, 4) is 44.9 Å². The zero-order valence-corrected chi connectivity index (χ0v) is 56.9. The number of methoxy groups -OCH3 is 5. The average Bonchev–Trinajstić information content (AvgIpc) is 1.11. The number of aryl methyl sites for hydroxylation is 2. The molecule has 2 saturated heterocycles. The summed E-state index contributed by atoms with van der Waals surface area (Å²) in [5.74, 6) is 0.653. The number of nitrogens with one attached hydrogen (secondary N) is 2. The van der Waals surface area contributed by atoms with Crippen LogP contribution in [-0.4, -0.2) is 164 Å². The number of benzene rings is 4. The van der Waals surface area contributed by atoms with Gasteiger partial charge >= 0.3 is 5.97 Å². The van der Waals surface area contributed by atoms with E-state index in [0.29, 0.717) is 72.5 Å². The highest BCUT2D eigenvalue weighted by Crippen LogP contribution is 2.46. The van der Waals surface area contributed by atoms with E-state index in [9.17, 15) is 24.3 Å². The molecule has 0 spiro atoms. The number of amides is 4. The van der Waals surface area contributed by atoms with Gasteiger partial charge in [0.2, 0.25) is 29.4 Å². The molecule has 0 radical (unpaired) electrons. The van der Waals surface area contributed by atoms with E-state index in [2.05, 4.69) is 25.9 Å². The van der Waals surface area contributed by atoms with Crippen LogP contribution in [0.1, 0.15) is 131 Å². The van der Waals surface area contributed by atoms with Gasteiger partial charge in [-0.25, -0.2) is 14.5 Å². The zero-order valence-electron chi connectivity index (χ0n) is 56.1. The molecule has 512 valence electrons. The molecule has 3 N–H and O–H groups in total. The SMILES string of the molecule is COc1cccc(C(CCc2ccc(OCc3cn(CCOCCOCC(=O)N[C@H](C(=O)N4C[C@H](O)C[C@H]4C(=O)NCc4ccc(-c5scnc5C)cc4)C(C)(C)C)nn3)c(OC)c2)OC(=O)C2CCCCN2C(=O)[C@H](c2cc(OC)c(OC)c(OC)c2)C2CCCCC2)c1. The van der Waals surface area contributed by atoms with Crippen LogP contribution < -0.4 is 39.1 Å². The normalized spacial score (nSPS) is 17.7. The van der Waals surface area contributed by atoms with Gasteiger partial charge in [-0.15, -0.1) is 16.4 Å². The summed E-state index contributed by atoms with van der Waals surface area (Å²) in [4.78, 5) is 79.3. The Balaban J connectivity index is 0.727. The molecule has 1 saturated carbocycles. The topological polar surface area (TPSA) is 263 Å². The first-order valence-electron chi connectivity index (χ1n) is 32.7. The number of aromatic nitrogens is 4. The lowest BCUT2D eigenvalue weighted by molar-refractivity contribution is -0.163. The molecule has 0 bridgehead atoms. The van der Waals surface area contributed by atoms with Crippen LogP contribution in [0.2, 0.25) is 0 Å². The van der Waals surface area contributed by atoms with E-state index in [4.69, 9.17) is 42.6 Å². The minimum Gasteiger partial charge on any atom is -0.497 e. The van der Waals surface area contributed by atoms with Crippen LogP contribution in [0.15, 0.2) is 90.6 Å². The number of esters is 1. The Bertz CT molecular complexity index is 3510. The Morgan fingerprint density at radius 1 is 0.737 bits per heavy atom. The molecule has 4 heterocycles. The molecule has 2 aromatic heterocycles. The highest BCUT2D eigenvalue weighted by atomic mass is 32.1. The zero-order chi connectivity index (χ0) is 67.6. The van der Waals surface area contributed by atoms with Gasteiger partial charge < -0.3 is 68.2 Å². The smallest absolute Gasteiger partial charge is 0.329 e. The molecule has 2 aliphatic heterocycles. The number of carbonyl (C=O) groups is 5. The lowest BCUT2D eigenvalue weighted by Gasteiger charge is -2.40. The molecule has 3 fully saturated rings. The quantitative estimate of drug-likeness (QED) is 0.0270. The summed E-state index contributed by atoms with van der Waals surface area (Å²) in [7, 11) is 7.86. The van der Waals surface area contributed by atoms with Crippen LogP contribution in [0, 0.1) is 18.3 Å². The van der Waals surface area contributed by atoms with Crippen LogP contribution in [0.3, 0.4) is 0 Å². The number of likely N-dealkylation sites (tertiary alicyclic amines) is 2. The van der Waals surface area contributed by atoms with Crippen LogP contribution in [0.5, 0.6) is 34.5 Å². The van der Waals surface area contributed by atoms with Crippen LogP contribution >= 0.6 is 11.3 Å². The number of thiazole rings is 1. The van der Waals surface area contributed by atoms with Gasteiger partial charge in [0.25, 0.3) is 0 Å². The molecule has 2 unspecified atom stereocenters. The summed E-state index contributed by atoms with van der Waals surface area (Å²) in [6.45, 7) is 8.79. The molecular weight excluding hydrogens is 1240 g/mol. The summed E-state index contributed by atoms with van der Waals surface area (Å²) in [5, 5.41) is 24.9. The number of piperidine rings is 1. The summed E-state index contributed by atoms with van der Waals surface area (Å²) in [6, 6.07) is 22.1. The van der Waals surface area contributed by atoms with E-state index in [-0.39, 0.29) is 70.3 Å². The number of ether oxygens (including phenoxy) is 9. The number of hydrogen-bond acceptors (Lipinski definition) is 19. The van der Waals surface area contributed by atoms with Crippen LogP contribution in [0.25, 0.3) is 10.4 Å². The number of aliphatic hydroxyl groups excluding tert-OH is 1. The molecule has 4 aromatic carbocycles. The first-order valence-corrected chi connectivity index (χ1v) is 33.6.